The van der Waals surface area contributed by atoms with Crippen LogP contribution in [0.5, 0.6) is 0 Å². The summed E-state index contributed by atoms with van der Waals surface area (Å²) in [5.74, 6) is 0. The second-order valence-corrected chi connectivity index (χ2v) is 4.08. The normalized spacial score (nSPS) is 11.1. The van der Waals surface area contributed by atoms with E-state index in [1.165, 1.54) is 0 Å². The molecule has 1 unspecified atom stereocenters. The van der Waals surface area contributed by atoms with Crippen LogP contribution in [0, 0.1) is 0 Å². The fourth-order valence-corrected chi connectivity index (χ4v) is 1.89. The first-order valence-electron chi connectivity index (χ1n) is 4.71. The molecule has 0 saturated carbocycles. The molecule has 0 saturated heterocycles. The van der Waals surface area contributed by atoms with Gasteiger partial charge in [-0.25, -0.2) is 0 Å². The van der Waals surface area contributed by atoms with E-state index in [0.29, 0.717) is 0 Å². The minimum absolute atomic E-state index is 0.866. The summed E-state index contributed by atoms with van der Waals surface area (Å²) in [4.78, 5) is 0.866. The highest BCUT2D eigenvalue weighted by Gasteiger charge is 2.04. The smallest absolute Gasteiger partial charge is 0.0504 e. The molecule has 0 N–H and O–H groups in total. The van der Waals surface area contributed by atoms with Crippen molar-refractivity contribution in [2.75, 3.05) is 6.26 Å². The van der Waals surface area contributed by atoms with Gasteiger partial charge in [0.05, 0.1) is 10.8 Å². The van der Waals surface area contributed by atoms with Crippen molar-refractivity contribution in [3.63, 3.8) is 0 Å². The first-order valence-corrected chi connectivity index (χ1v) is 6.27. The van der Waals surface area contributed by atoms with E-state index in [2.05, 4.69) is 6.58 Å². The number of allylic oxidation sites excluding steroid dienone is 1. The quantitative estimate of drug-likeness (QED) is 0.730. The van der Waals surface area contributed by atoms with Crippen molar-refractivity contribution in [2.45, 2.75) is 25.7 Å². The van der Waals surface area contributed by atoms with Crippen molar-refractivity contribution in [1.29, 1.82) is 0 Å². The Balaban J connectivity index is 0.000000791. The van der Waals surface area contributed by atoms with Crippen LogP contribution < -0.4 is 0 Å². The molecule has 1 atom stereocenters. The zero-order valence-electron chi connectivity index (χ0n) is 9.33. The molecular weight excluding hydrogens is 192 g/mol. The Morgan fingerprint density at radius 1 is 1.29 bits per heavy atom. The molecule has 78 valence electrons. The highest BCUT2D eigenvalue weighted by molar-refractivity contribution is 7.84. The van der Waals surface area contributed by atoms with Gasteiger partial charge in [-0.1, -0.05) is 38.6 Å². The third kappa shape index (κ3) is 3.46. The Morgan fingerprint density at radius 2 is 1.79 bits per heavy atom. The Labute approximate surface area is 89.3 Å². The van der Waals surface area contributed by atoms with Gasteiger partial charge >= 0.3 is 0 Å². The zero-order valence-corrected chi connectivity index (χ0v) is 10.1. The standard InChI is InChI=1S/C10H12OS.C2H6/c1-8(2)9-6-4-5-7-10(9)12(3)11;1-2/h4-7H,1H2,2-3H3;1-2H3. The van der Waals surface area contributed by atoms with Crippen LogP contribution in [0.1, 0.15) is 26.3 Å². The molecule has 0 spiro atoms. The molecular formula is C12H18OS. The van der Waals surface area contributed by atoms with E-state index >= 15 is 0 Å². The lowest BCUT2D eigenvalue weighted by molar-refractivity contribution is 0.686. The summed E-state index contributed by atoms with van der Waals surface area (Å²) in [6.45, 7) is 9.76. The monoisotopic (exact) mass is 210 g/mol. The van der Waals surface area contributed by atoms with E-state index < -0.39 is 10.8 Å². The minimum atomic E-state index is -0.922. The third-order valence-electron chi connectivity index (χ3n) is 1.66. The summed E-state index contributed by atoms with van der Waals surface area (Å²) >= 11 is 0. The molecule has 0 aliphatic heterocycles. The first-order chi connectivity index (χ1) is 6.63. The summed E-state index contributed by atoms with van der Waals surface area (Å²) in [6, 6.07) is 7.64. The summed E-state index contributed by atoms with van der Waals surface area (Å²) < 4.78 is 11.2. The maximum atomic E-state index is 11.2. The summed E-state index contributed by atoms with van der Waals surface area (Å²) in [5, 5.41) is 0. The number of rotatable bonds is 2. The second kappa shape index (κ2) is 6.55. The van der Waals surface area contributed by atoms with Crippen LogP contribution in [-0.4, -0.2) is 10.5 Å². The molecule has 0 fully saturated rings. The molecule has 0 bridgehead atoms. The van der Waals surface area contributed by atoms with Crippen molar-refractivity contribution < 1.29 is 4.21 Å². The van der Waals surface area contributed by atoms with Crippen LogP contribution in [0.4, 0.5) is 0 Å². The van der Waals surface area contributed by atoms with E-state index in [4.69, 9.17) is 0 Å². The van der Waals surface area contributed by atoms with E-state index in [0.717, 1.165) is 16.0 Å². The average Bonchev–Trinajstić information content (AvgIpc) is 2.20. The molecule has 0 heterocycles. The number of hydrogen-bond donors (Lipinski definition) is 0. The first kappa shape index (κ1) is 13.1. The van der Waals surface area contributed by atoms with E-state index in [1.807, 2.05) is 45.0 Å². The van der Waals surface area contributed by atoms with E-state index in [-0.39, 0.29) is 0 Å². The molecule has 1 aromatic carbocycles. The summed E-state index contributed by atoms with van der Waals surface area (Å²) in [6.07, 6.45) is 1.68. The molecule has 0 aromatic heterocycles. The van der Waals surface area contributed by atoms with Crippen molar-refractivity contribution in [2.24, 2.45) is 0 Å². The maximum absolute atomic E-state index is 11.2. The maximum Gasteiger partial charge on any atom is 0.0504 e. The predicted molar refractivity (Wildman–Crippen MR) is 64.8 cm³/mol. The lowest BCUT2D eigenvalue weighted by Crippen LogP contribution is -1.92. The molecule has 0 aliphatic rings. The van der Waals surface area contributed by atoms with Gasteiger partial charge in [0, 0.05) is 11.2 Å². The number of benzene rings is 1. The Bertz CT molecular complexity index is 296. The highest BCUT2D eigenvalue weighted by atomic mass is 32.2. The molecule has 1 rings (SSSR count). The van der Waals surface area contributed by atoms with E-state index in [9.17, 15) is 4.21 Å². The van der Waals surface area contributed by atoms with Gasteiger partial charge in [-0.05, 0) is 24.1 Å². The third-order valence-corrected chi connectivity index (χ3v) is 2.63. The lowest BCUT2D eigenvalue weighted by Gasteiger charge is -2.04. The minimum Gasteiger partial charge on any atom is -0.255 e. The van der Waals surface area contributed by atoms with Gasteiger partial charge in [0.1, 0.15) is 0 Å². The van der Waals surface area contributed by atoms with Crippen LogP contribution in [0.3, 0.4) is 0 Å². The van der Waals surface area contributed by atoms with Gasteiger partial charge in [0.2, 0.25) is 0 Å². The zero-order chi connectivity index (χ0) is 11.1. The van der Waals surface area contributed by atoms with Crippen LogP contribution in [0.15, 0.2) is 35.7 Å². The molecule has 0 aliphatic carbocycles. The van der Waals surface area contributed by atoms with Crippen molar-refractivity contribution in [3.05, 3.63) is 36.4 Å². The molecule has 2 heteroatoms. The fraction of sp³-hybridized carbons (Fsp3) is 0.333. The number of hydrogen-bond acceptors (Lipinski definition) is 1. The van der Waals surface area contributed by atoms with Gasteiger partial charge in [-0.15, -0.1) is 0 Å². The SMILES string of the molecule is C=C(C)c1ccccc1S(C)=O.CC. The van der Waals surface area contributed by atoms with Gasteiger partial charge in [-0.3, -0.25) is 4.21 Å². The largest absolute Gasteiger partial charge is 0.255 e. The Kier molecular flexibility index (Phi) is 6.13. The van der Waals surface area contributed by atoms with Gasteiger partial charge in [0.25, 0.3) is 0 Å². The van der Waals surface area contributed by atoms with Crippen molar-refractivity contribution in [1.82, 2.24) is 0 Å². The molecule has 1 nitrogen and oxygen atoms in total. The second-order valence-electron chi connectivity index (χ2n) is 2.73. The van der Waals surface area contributed by atoms with Gasteiger partial charge in [-0.2, -0.15) is 0 Å². The van der Waals surface area contributed by atoms with Crippen LogP contribution in [0.25, 0.3) is 5.57 Å². The van der Waals surface area contributed by atoms with Crippen molar-refractivity contribution >= 4 is 16.4 Å². The summed E-state index contributed by atoms with van der Waals surface area (Å²) in [5.41, 5.74) is 1.96. The topological polar surface area (TPSA) is 17.1 Å². The molecule has 14 heavy (non-hydrogen) atoms. The lowest BCUT2D eigenvalue weighted by atomic mass is 10.1. The van der Waals surface area contributed by atoms with Gasteiger partial charge < -0.3 is 0 Å². The van der Waals surface area contributed by atoms with Crippen LogP contribution in [0.2, 0.25) is 0 Å². The summed E-state index contributed by atoms with van der Waals surface area (Å²) in [7, 11) is -0.922. The predicted octanol–water partition coefficient (Wildman–Crippen LogP) is 3.48. The Hall–Kier alpha value is -0.890. The van der Waals surface area contributed by atoms with Crippen LogP contribution in [-0.2, 0) is 10.8 Å². The average molecular weight is 210 g/mol. The van der Waals surface area contributed by atoms with Gasteiger partial charge in [0.15, 0.2) is 0 Å². The van der Waals surface area contributed by atoms with E-state index in [1.54, 1.807) is 6.26 Å². The fourth-order valence-electron chi connectivity index (χ4n) is 1.07. The molecule has 0 amide bonds. The Morgan fingerprint density at radius 3 is 2.14 bits per heavy atom. The van der Waals surface area contributed by atoms with Crippen LogP contribution >= 0.6 is 0 Å². The molecule has 0 radical (unpaired) electrons. The highest BCUT2D eigenvalue weighted by Crippen LogP contribution is 2.19. The van der Waals surface area contributed by atoms with Crippen molar-refractivity contribution in [3.8, 4) is 0 Å². The molecule has 1 aromatic rings.